The van der Waals surface area contributed by atoms with Crippen LogP contribution < -0.4 is 10.5 Å². The third kappa shape index (κ3) is 4.63. The van der Waals surface area contributed by atoms with E-state index >= 15 is 0 Å². The van der Waals surface area contributed by atoms with Crippen molar-refractivity contribution in [1.82, 2.24) is 0 Å². The summed E-state index contributed by atoms with van der Waals surface area (Å²) in [6.07, 6.45) is 0.763. The third-order valence-electron chi connectivity index (χ3n) is 4.16. The van der Waals surface area contributed by atoms with Crippen LogP contribution in [0.25, 0.3) is 5.76 Å². The number of primary amides is 1. The van der Waals surface area contributed by atoms with Gasteiger partial charge in [-0.25, -0.2) is 0 Å². The molecule has 0 fully saturated rings. The highest BCUT2D eigenvalue weighted by Gasteiger charge is 2.14. The minimum absolute atomic E-state index is 0.282. The van der Waals surface area contributed by atoms with E-state index in [0.717, 1.165) is 16.7 Å². The van der Waals surface area contributed by atoms with Crippen molar-refractivity contribution in [2.45, 2.75) is 13.0 Å². The number of aryl methyl sites for hydroxylation is 1. The van der Waals surface area contributed by atoms with Crippen molar-refractivity contribution in [1.29, 1.82) is 0 Å². The molecule has 3 aromatic carbocycles. The summed E-state index contributed by atoms with van der Waals surface area (Å²) in [6, 6.07) is 23.8. The first-order valence-corrected chi connectivity index (χ1v) is 8.63. The molecular weight excluding hydrogens is 338 g/mol. The average molecular weight is 359 g/mol. The highest BCUT2D eigenvalue weighted by atomic mass is 16.5. The number of carbonyl (C=O) groups excluding carboxylic acids is 1. The van der Waals surface area contributed by atoms with Crippen LogP contribution in [0.2, 0.25) is 0 Å². The van der Waals surface area contributed by atoms with Crippen molar-refractivity contribution in [2.75, 3.05) is 0 Å². The maximum absolute atomic E-state index is 11.7. The normalized spacial score (nSPS) is 12.4. The lowest BCUT2D eigenvalue weighted by atomic mass is 10.0. The van der Waals surface area contributed by atoms with Gasteiger partial charge in [-0.1, -0.05) is 72.3 Å². The van der Waals surface area contributed by atoms with Crippen molar-refractivity contribution in [2.24, 2.45) is 5.73 Å². The van der Waals surface area contributed by atoms with E-state index in [1.807, 2.05) is 61.5 Å². The fourth-order valence-corrected chi connectivity index (χ4v) is 2.67. The molecule has 0 saturated heterocycles. The van der Waals surface area contributed by atoms with Crippen LogP contribution in [0.15, 0.2) is 84.9 Å². The van der Waals surface area contributed by atoms with Crippen LogP contribution in [0.5, 0.6) is 5.75 Å². The van der Waals surface area contributed by atoms with Crippen molar-refractivity contribution >= 4 is 11.7 Å². The number of ether oxygens (including phenoxy) is 1. The second-order valence-corrected chi connectivity index (χ2v) is 6.21. The first-order chi connectivity index (χ1) is 13.0. The largest absolute Gasteiger partial charge is 0.456 e. The van der Waals surface area contributed by atoms with Crippen LogP contribution in [-0.2, 0) is 0 Å². The number of carbonyl (C=O) groups is 1. The van der Waals surface area contributed by atoms with Crippen LogP contribution >= 0.6 is 0 Å². The van der Waals surface area contributed by atoms with Gasteiger partial charge in [0.05, 0.1) is 5.56 Å². The zero-order chi connectivity index (χ0) is 19.2. The quantitative estimate of drug-likeness (QED) is 0.646. The van der Waals surface area contributed by atoms with Gasteiger partial charge in [0.1, 0.15) is 17.6 Å². The highest BCUT2D eigenvalue weighted by molar-refractivity contribution is 5.95. The van der Waals surface area contributed by atoms with E-state index < -0.39 is 12.0 Å². The molecule has 27 heavy (non-hydrogen) atoms. The van der Waals surface area contributed by atoms with Crippen LogP contribution in [0.4, 0.5) is 0 Å². The fourth-order valence-electron chi connectivity index (χ4n) is 2.67. The van der Waals surface area contributed by atoms with Gasteiger partial charge in [-0.2, -0.15) is 0 Å². The number of hydrogen-bond donors (Lipinski definition) is 2. The number of nitrogens with two attached hydrogens (primary N) is 1. The highest BCUT2D eigenvalue weighted by Crippen LogP contribution is 2.27. The minimum Gasteiger partial charge on any atom is -0.456 e. The van der Waals surface area contributed by atoms with E-state index in [0.29, 0.717) is 11.5 Å². The Balaban J connectivity index is 2.00. The van der Waals surface area contributed by atoms with E-state index in [1.165, 1.54) is 0 Å². The first kappa shape index (κ1) is 18.4. The predicted octanol–water partition coefficient (Wildman–Crippen LogP) is 4.25. The lowest BCUT2D eigenvalue weighted by Crippen LogP contribution is -2.13. The van der Waals surface area contributed by atoms with Crippen LogP contribution in [-0.4, -0.2) is 11.0 Å². The second-order valence-electron chi connectivity index (χ2n) is 6.21. The molecule has 1 amide bonds. The summed E-state index contributed by atoms with van der Waals surface area (Å²) in [5.41, 5.74) is 8.38. The molecule has 1 atom stereocenters. The van der Waals surface area contributed by atoms with Crippen molar-refractivity contribution in [3.8, 4) is 5.75 Å². The van der Waals surface area contributed by atoms with Crippen molar-refractivity contribution < 1.29 is 14.6 Å². The van der Waals surface area contributed by atoms with Gasteiger partial charge in [-0.3, -0.25) is 4.79 Å². The SMILES string of the molecule is Cc1ccc(C(O)/C=C(\Oc2ccccc2C(N)=O)c2ccccc2)cc1. The Kier molecular flexibility index (Phi) is 5.69. The maximum atomic E-state index is 11.7. The van der Waals surface area contributed by atoms with Crippen LogP contribution in [0.1, 0.15) is 33.2 Å². The topological polar surface area (TPSA) is 72.6 Å². The Labute approximate surface area is 158 Å². The van der Waals surface area contributed by atoms with Gasteiger partial charge in [-0.05, 0) is 30.7 Å². The molecule has 0 spiro atoms. The molecule has 0 aliphatic heterocycles. The summed E-state index contributed by atoms with van der Waals surface area (Å²) in [5.74, 6) is 0.214. The molecule has 0 aliphatic carbocycles. The predicted molar refractivity (Wildman–Crippen MR) is 106 cm³/mol. The lowest BCUT2D eigenvalue weighted by molar-refractivity contribution is 0.0998. The molecule has 4 nitrogen and oxygen atoms in total. The van der Waals surface area contributed by atoms with E-state index in [9.17, 15) is 9.90 Å². The van der Waals surface area contributed by atoms with E-state index in [2.05, 4.69) is 0 Å². The van der Waals surface area contributed by atoms with Crippen LogP contribution in [0.3, 0.4) is 0 Å². The summed E-state index contributed by atoms with van der Waals surface area (Å²) in [7, 11) is 0. The Morgan fingerprint density at radius 2 is 1.59 bits per heavy atom. The monoisotopic (exact) mass is 359 g/mol. The minimum atomic E-state index is -0.860. The summed E-state index contributed by atoms with van der Waals surface area (Å²) in [4.78, 5) is 11.7. The van der Waals surface area contributed by atoms with Gasteiger partial charge in [0, 0.05) is 5.56 Å². The molecule has 3 N–H and O–H groups in total. The molecule has 0 heterocycles. The molecule has 4 heteroatoms. The molecule has 136 valence electrons. The van der Waals surface area contributed by atoms with E-state index in [-0.39, 0.29) is 5.56 Å². The fraction of sp³-hybridized carbons (Fsp3) is 0.0870. The zero-order valence-electron chi connectivity index (χ0n) is 15.0. The van der Waals surface area contributed by atoms with E-state index in [1.54, 1.807) is 30.3 Å². The number of benzene rings is 3. The number of hydrogen-bond acceptors (Lipinski definition) is 3. The number of rotatable bonds is 6. The van der Waals surface area contributed by atoms with Crippen molar-refractivity contribution in [3.05, 3.63) is 107 Å². The number of para-hydroxylation sites is 1. The summed E-state index contributed by atoms with van der Waals surface area (Å²) in [6.45, 7) is 1.99. The Bertz CT molecular complexity index is 947. The molecule has 3 aromatic rings. The van der Waals surface area contributed by atoms with Gasteiger partial charge < -0.3 is 15.6 Å². The Morgan fingerprint density at radius 3 is 2.26 bits per heavy atom. The lowest BCUT2D eigenvalue weighted by Gasteiger charge is -2.15. The standard InChI is InChI=1S/C23H21NO3/c1-16-11-13-17(14-12-16)20(25)15-22(18-7-3-2-4-8-18)27-21-10-6-5-9-19(21)23(24)26/h2-15,20,25H,1H3,(H2,24,26)/b22-15-. The van der Waals surface area contributed by atoms with Gasteiger partial charge in [-0.15, -0.1) is 0 Å². The maximum Gasteiger partial charge on any atom is 0.252 e. The van der Waals surface area contributed by atoms with Gasteiger partial charge in [0.25, 0.3) is 5.91 Å². The summed E-state index contributed by atoms with van der Waals surface area (Å²) in [5, 5.41) is 10.7. The molecular formula is C23H21NO3. The summed E-state index contributed by atoms with van der Waals surface area (Å²) < 4.78 is 6.01. The van der Waals surface area contributed by atoms with Gasteiger partial charge in [0.15, 0.2) is 0 Å². The Morgan fingerprint density at radius 1 is 0.963 bits per heavy atom. The number of aliphatic hydroxyl groups is 1. The summed E-state index contributed by atoms with van der Waals surface area (Å²) >= 11 is 0. The average Bonchev–Trinajstić information content (AvgIpc) is 2.69. The molecule has 0 saturated carbocycles. The molecule has 0 aromatic heterocycles. The van der Waals surface area contributed by atoms with Crippen LogP contribution in [0, 0.1) is 6.92 Å². The number of aliphatic hydroxyl groups excluding tert-OH is 1. The Hall–Kier alpha value is -3.37. The molecule has 1 unspecified atom stereocenters. The first-order valence-electron chi connectivity index (χ1n) is 8.63. The molecule has 0 radical (unpaired) electrons. The van der Waals surface area contributed by atoms with Gasteiger partial charge >= 0.3 is 0 Å². The molecule has 0 bridgehead atoms. The smallest absolute Gasteiger partial charge is 0.252 e. The van der Waals surface area contributed by atoms with E-state index in [4.69, 9.17) is 10.5 Å². The van der Waals surface area contributed by atoms with Gasteiger partial charge in [0.2, 0.25) is 0 Å². The van der Waals surface area contributed by atoms with Crippen molar-refractivity contribution in [3.63, 3.8) is 0 Å². The molecule has 0 aliphatic rings. The zero-order valence-corrected chi connectivity index (χ0v) is 15.0. The second kappa shape index (κ2) is 8.34. The third-order valence-corrected chi connectivity index (χ3v) is 4.16. The molecule has 3 rings (SSSR count). The number of amides is 1.